The third-order valence-corrected chi connectivity index (χ3v) is 14.1. The molecule has 55 heavy (non-hydrogen) atoms. The molecule has 0 atom stereocenters. The lowest BCUT2D eigenvalue weighted by molar-refractivity contribution is 0.656. The summed E-state index contributed by atoms with van der Waals surface area (Å²) < 4.78 is 28.1. The normalized spacial score (nSPS) is 13.6. The highest BCUT2D eigenvalue weighted by Gasteiger charge is 2.46. The number of furan rings is 4. The molecule has 0 bridgehead atoms. The first-order valence-electron chi connectivity index (χ1n) is 18.4. The minimum Gasteiger partial charge on any atom is -0.457 e. The molecule has 2 aliphatic rings. The highest BCUT2D eigenvalue weighted by molar-refractivity contribution is 8.01. The van der Waals surface area contributed by atoms with Crippen molar-refractivity contribution in [1.82, 2.24) is 0 Å². The maximum absolute atomic E-state index is 7.09. The molecule has 14 rings (SSSR count). The van der Waals surface area contributed by atoms with E-state index in [1.165, 1.54) is 26.4 Å². The molecular weight excluding hydrogens is 715 g/mol. The van der Waals surface area contributed by atoms with Gasteiger partial charge in [0.2, 0.25) is 0 Å². The van der Waals surface area contributed by atoms with Crippen LogP contribution in [0.1, 0.15) is 0 Å². The van der Waals surface area contributed by atoms with E-state index in [4.69, 9.17) is 17.7 Å². The maximum Gasteiger partial charge on any atom is 0.257 e. The van der Waals surface area contributed by atoms with E-state index in [0.717, 1.165) is 108 Å². The lowest BCUT2D eigenvalue weighted by Crippen LogP contribution is -2.58. The molecule has 254 valence electrons. The molecular formula is C48H23BO4S2. The number of hydrogen-bond donors (Lipinski definition) is 0. The summed E-state index contributed by atoms with van der Waals surface area (Å²) in [7, 11) is 0. The first-order chi connectivity index (χ1) is 27.3. The third kappa shape index (κ3) is 3.63. The summed E-state index contributed by atoms with van der Waals surface area (Å²) in [5, 5.41) is 8.71. The monoisotopic (exact) mass is 738 g/mol. The van der Waals surface area contributed by atoms with Crippen LogP contribution in [0.5, 0.6) is 0 Å². The molecule has 8 aromatic carbocycles. The van der Waals surface area contributed by atoms with Crippen LogP contribution >= 0.6 is 23.5 Å². The van der Waals surface area contributed by atoms with E-state index in [2.05, 4.69) is 127 Å². The summed E-state index contributed by atoms with van der Waals surface area (Å²) in [5.41, 5.74) is 12.9. The predicted molar refractivity (Wildman–Crippen MR) is 227 cm³/mol. The Bertz CT molecular complexity index is 3460. The summed E-state index contributed by atoms with van der Waals surface area (Å²) in [6, 6.07) is 49.0. The molecule has 4 aromatic heterocycles. The molecule has 0 amide bonds. The van der Waals surface area contributed by atoms with Gasteiger partial charge in [0.25, 0.3) is 6.71 Å². The minimum atomic E-state index is -0.233. The molecule has 0 fully saturated rings. The maximum atomic E-state index is 7.09. The van der Waals surface area contributed by atoms with Gasteiger partial charge in [0.05, 0.1) is 9.79 Å². The first kappa shape index (κ1) is 29.1. The summed E-state index contributed by atoms with van der Waals surface area (Å²) in [6.45, 7) is -0.233. The molecule has 0 spiro atoms. The van der Waals surface area contributed by atoms with Crippen LogP contribution in [0.4, 0.5) is 0 Å². The standard InChI is InChI=1S/C48H23BO4S2/c1-2-12-24(13-3-1)25-22-34-40-35(23-25)55-48-42(44-37(27-15-5-9-19-31(27)51-44)39-29-17-7-11-21-33(29)53-46(39)48)49(40)41-43-36(26-14-4-8-18-30(26)50-43)38-28-16-6-10-20-32(28)52-45(38)47(41)54-34/h1-23H. The molecule has 0 unspecified atom stereocenters. The van der Waals surface area contributed by atoms with Crippen molar-refractivity contribution in [2.45, 2.75) is 19.6 Å². The van der Waals surface area contributed by atoms with Crippen LogP contribution in [-0.2, 0) is 0 Å². The number of benzene rings is 8. The Balaban J connectivity index is 1.23. The molecule has 7 heteroatoms. The van der Waals surface area contributed by atoms with Gasteiger partial charge in [-0.3, -0.25) is 0 Å². The van der Waals surface area contributed by atoms with Crippen molar-refractivity contribution in [2.24, 2.45) is 0 Å². The molecule has 12 aromatic rings. The van der Waals surface area contributed by atoms with Gasteiger partial charge < -0.3 is 17.7 Å². The zero-order valence-corrected chi connectivity index (χ0v) is 30.4. The van der Waals surface area contributed by atoms with Crippen LogP contribution in [0, 0.1) is 0 Å². The van der Waals surface area contributed by atoms with Crippen LogP contribution in [0.2, 0.25) is 0 Å². The van der Waals surface area contributed by atoms with Gasteiger partial charge in [-0.15, -0.1) is 0 Å². The van der Waals surface area contributed by atoms with Gasteiger partial charge >= 0.3 is 0 Å². The van der Waals surface area contributed by atoms with Gasteiger partial charge in [-0.1, -0.05) is 127 Å². The van der Waals surface area contributed by atoms with Crippen LogP contribution in [-0.4, -0.2) is 6.71 Å². The lowest BCUT2D eigenvalue weighted by atomic mass is 9.35. The largest absolute Gasteiger partial charge is 0.457 e. The minimum absolute atomic E-state index is 0.233. The van der Waals surface area contributed by atoms with Crippen LogP contribution in [0.25, 0.3) is 98.9 Å². The van der Waals surface area contributed by atoms with Gasteiger partial charge in [-0.2, -0.15) is 0 Å². The van der Waals surface area contributed by atoms with Crippen LogP contribution in [0.15, 0.2) is 177 Å². The first-order valence-corrected chi connectivity index (χ1v) is 20.1. The lowest BCUT2D eigenvalue weighted by Gasteiger charge is -2.33. The van der Waals surface area contributed by atoms with Crippen molar-refractivity contribution in [2.75, 3.05) is 0 Å². The average molecular weight is 739 g/mol. The van der Waals surface area contributed by atoms with Crippen molar-refractivity contribution < 1.29 is 17.7 Å². The second-order valence-corrected chi connectivity index (χ2v) is 16.7. The molecule has 2 aliphatic heterocycles. The Hall–Kier alpha value is -6.28. The molecule has 0 N–H and O–H groups in total. The quantitative estimate of drug-likeness (QED) is 0.156. The fraction of sp³-hybridized carbons (Fsp3) is 0. The van der Waals surface area contributed by atoms with Gasteiger partial charge in [-0.25, -0.2) is 0 Å². The van der Waals surface area contributed by atoms with Crippen molar-refractivity contribution in [3.8, 4) is 11.1 Å². The van der Waals surface area contributed by atoms with E-state index in [9.17, 15) is 0 Å². The number of fused-ring (bicyclic) bond motifs is 22. The number of hydrogen-bond acceptors (Lipinski definition) is 6. The van der Waals surface area contributed by atoms with E-state index < -0.39 is 0 Å². The Morgan fingerprint density at radius 2 is 0.709 bits per heavy atom. The van der Waals surface area contributed by atoms with Crippen molar-refractivity contribution in [1.29, 1.82) is 0 Å². The smallest absolute Gasteiger partial charge is 0.257 e. The zero-order valence-electron chi connectivity index (χ0n) is 28.8. The van der Waals surface area contributed by atoms with E-state index in [0.29, 0.717) is 0 Å². The van der Waals surface area contributed by atoms with E-state index in [1.54, 1.807) is 23.5 Å². The summed E-state index contributed by atoms with van der Waals surface area (Å²) in [6.07, 6.45) is 0. The molecule has 0 radical (unpaired) electrons. The third-order valence-electron chi connectivity index (χ3n) is 11.8. The highest BCUT2D eigenvalue weighted by atomic mass is 32.2. The fourth-order valence-electron chi connectivity index (χ4n) is 9.56. The van der Waals surface area contributed by atoms with Crippen molar-refractivity contribution in [3.63, 3.8) is 0 Å². The van der Waals surface area contributed by atoms with Crippen LogP contribution < -0.4 is 16.4 Å². The summed E-state index contributed by atoms with van der Waals surface area (Å²) >= 11 is 3.60. The molecule has 0 saturated carbocycles. The average Bonchev–Trinajstić information content (AvgIpc) is 4.01. The highest BCUT2D eigenvalue weighted by Crippen LogP contribution is 2.52. The number of para-hydroxylation sites is 4. The van der Waals surface area contributed by atoms with Gasteiger partial charge in [0.1, 0.15) is 44.7 Å². The second kappa shape index (κ2) is 10.3. The second-order valence-electron chi connectivity index (χ2n) is 14.6. The Kier molecular flexibility index (Phi) is 5.44. The van der Waals surface area contributed by atoms with E-state index in [-0.39, 0.29) is 6.71 Å². The van der Waals surface area contributed by atoms with Crippen molar-refractivity contribution in [3.05, 3.63) is 140 Å². The SMILES string of the molecule is c1ccc(-c2cc3c4c(c2)Sc2c(c5oc6ccccc6c5c5c2oc2ccccc25)B4c2c(c4oc5ccccc5c4c4c2oc2ccccc24)S3)cc1. The van der Waals surface area contributed by atoms with Gasteiger partial charge in [-0.05, 0) is 63.9 Å². The molecule has 0 saturated heterocycles. The van der Waals surface area contributed by atoms with E-state index >= 15 is 0 Å². The fourth-order valence-corrected chi connectivity index (χ4v) is 12.2. The van der Waals surface area contributed by atoms with Gasteiger partial charge in [0.15, 0.2) is 0 Å². The number of rotatable bonds is 1. The Labute approximate surface area is 320 Å². The molecule has 6 heterocycles. The topological polar surface area (TPSA) is 52.6 Å². The Morgan fingerprint density at radius 3 is 1.15 bits per heavy atom. The van der Waals surface area contributed by atoms with Crippen molar-refractivity contribution >= 4 is 134 Å². The molecule has 4 nitrogen and oxygen atoms in total. The van der Waals surface area contributed by atoms with Gasteiger partial charge in [0, 0.05) is 52.9 Å². The zero-order chi connectivity index (χ0) is 35.5. The van der Waals surface area contributed by atoms with E-state index in [1.807, 2.05) is 12.1 Å². The van der Waals surface area contributed by atoms with Crippen LogP contribution in [0.3, 0.4) is 0 Å². The predicted octanol–water partition coefficient (Wildman–Crippen LogP) is 12.4. The summed E-state index contributed by atoms with van der Waals surface area (Å²) in [4.78, 5) is 4.58. The summed E-state index contributed by atoms with van der Waals surface area (Å²) in [5.74, 6) is 0. The Morgan fingerprint density at radius 1 is 0.345 bits per heavy atom. The molecule has 0 aliphatic carbocycles.